The maximum atomic E-state index is 4.69. The molecule has 0 saturated carbocycles. The van der Waals surface area contributed by atoms with Crippen LogP contribution < -0.4 is 10.2 Å². The number of rotatable bonds is 6. The topological polar surface area (TPSA) is 28.2 Å². The summed E-state index contributed by atoms with van der Waals surface area (Å²) < 4.78 is 0. The molecular formula is C18H25N3. The molecule has 0 unspecified atom stereocenters. The van der Waals surface area contributed by atoms with Crippen LogP contribution in [0.3, 0.4) is 0 Å². The number of pyridine rings is 1. The quantitative estimate of drug-likeness (QED) is 0.867. The predicted molar refractivity (Wildman–Crippen MR) is 90.1 cm³/mol. The maximum absolute atomic E-state index is 4.69. The fourth-order valence-electron chi connectivity index (χ4n) is 2.39. The third kappa shape index (κ3) is 4.05. The lowest BCUT2D eigenvalue weighted by atomic mass is 10.1. The molecule has 3 nitrogen and oxygen atoms in total. The van der Waals surface area contributed by atoms with Gasteiger partial charge >= 0.3 is 0 Å². The first-order valence-electron chi connectivity index (χ1n) is 7.63. The zero-order valence-electron chi connectivity index (χ0n) is 13.4. The van der Waals surface area contributed by atoms with E-state index in [1.165, 1.54) is 16.8 Å². The lowest BCUT2D eigenvalue weighted by Crippen LogP contribution is -2.22. The number of aromatic nitrogens is 1. The molecule has 1 N–H and O–H groups in total. The molecule has 3 heteroatoms. The van der Waals surface area contributed by atoms with Crippen LogP contribution in [-0.4, -0.2) is 17.6 Å². The second kappa shape index (κ2) is 7.23. The molecule has 112 valence electrons. The highest BCUT2D eigenvalue weighted by Crippen LogP contribution is 2.26. The molecule has 0 saturated heterocycles. The Hall–Kier alpha value is -1.87. The van der Waals surface area contributed by atoms with Crippen LogP contribution in [0.4, 0.5) is 11.5 Å². The number of para-hydroxylation sites is 1. The summed E-state index contributed by atoms with van der Waals surface area (Å²) in [6.07, 6.45) is 1.98. The number of benzene rings is 1. The molecule has 0 bridgehead atoms. The van der Waals surface area contributed by atoms with Gasteiger partial charge in [-0.05, 0) is 43.2 Å². The highest BCUT2D eigenvalue weighted by molar-refractivity contribution is 5.62. The molecule has 0 aliphatic heterocycles. The third-order valence-corrected chi connectivity index (χ3v) is 3.46. The zero-order chi connectivity index (χ0) is 15.2. The fourth-order valence-corrected chi connectivity index (χ4v) is 2.39. The Morgan fingerprint density at radius 3 is 2.48 bits per heavy atom. The summed E-state index contributed by atoms with van der Waals surface area (Å²) in [5.41, 5.74) is 3.63. The predicted octanol–water partition coefficient (Wildman–Crippen LogP) is 4.05. The van der Waals surface area contributed by atoms with Crippen molar-refractivity contribution >= 4 is 11.5 Å². The Balaban J connectivity index is 2.23. The van der Waals surface area contributed by atoms with Crippen LogP contribution in [0.5, 0.6) is 0 Å². The smallest absolute Gasteiger partial charge is 0.135 e. The standard InChI is InChI=1S/C18H25N3/c1-5-21(17-9-7-6-8-10-17)18-15(4)11-16(13-20-18)12-19-14(2)3/h6-11,13-14,19H,5,12H2,1-4H3. The van der Waals surface area contributed by atoms with Gasteiger partial charge in [0.15, 0.2) is 0 Å². The van der Waals surface area contributed by atoms with E-state index in [1.807, 2.05) is 12.3 Å². The molecule has 2 rings (SSSR count). The summed E-state index contributed by atoms with van der Waals surface area (Å²) >= 11 is 0. The van der Waals surface area contributed by atoms with Crippen molar-refractivity contribution in [1.29, 1.82) is 0 Å². The lowest BCUT2D eigenvalue weighted by molar-refractivity contribution is 0.587. The molecule has 1 heterocycles. The molecule has 0 fully saturated rings. The SMILES string of the molecule is CCN(c1ccccc1)c1ncc(CNC(C)C)cc1C. The van der Waals surface area contributed by atoms with Gasteiger partial charge in [-0.15, -0.1) is 0 Å². The second-order valence-corrected chi connectivity index (χ2v) is 5.60. The van der Waals surface area contributed by atoms with Gasteiger partial charge in [-0.1, -0.05) is 32.0 Å². The van der Waals surface area contributed by atoms with Crippen LogP contribution in [-0.2, 0) is 6.54 Å². The lowest BCUT2D eigenvalue weighted by Gasteiger charge is -2.24. The van der Waals surface area contributed by atoms with Gasteiger partial charge in [0.25, 0.3) is 0 Å². The van der Waals surface area contributed by atoms with Gasteiger partial charge in [0.05, 0.1) is 0 Å². The molecule has 1 aromatic heterocycles. The number of aryl methyl sites for hydroxylation is 1. The molecule has 0 amide bonds. The summed E-state index contributed by atoms with van der Waals surface area (Å²) in [7, 11) is 0. The first-order chi connectivity index (χ1) is 10.1. The average molecular weight is 283 g/mol. The Bertz CT molecular complexity index is 564. The van der Waals surface area contributed by atoms with Crippen LogP contribution >= 0.6 is 0 Å². The first kappa shape index (κ1) is 15.5. The largest absolute Gasteiger partial charge is 0.326 e. The fraction of sp³-hybridized carbons (Fsp3) is 0.389. The zero-order valence-corrected chi connectivity index (χ0v) is 13.4. The van der Waals surface area contributed by atoms with Crippen molar-refractivity contribution in [3.63, 3.8) is 0 Å². The number of hydrogen-bond donors (Lipinski definition) is 1. The molecule has 0 aliphatic carbocycles. The van der Waals surface area contributed by atoms with E-state index in [0.717, 1.165) is 18.9 Å². The Kier molecular flexibility index (Phi) is 5.34. The average Bonchev–Trinajstić information content (AvgIpc) is 2.49. The maximum Gasteiger partial charge on any atom is 0.135 e. The molecule has 21 heavy (non-hydrogen) atoms. The summed E-state index contributed by atoms with van der Waals surface area (Å²) in [6, 6.07) is 13.1. The van der Waals surface area contributed by atoms with Crippen LogP contribution in [0.15, 0.2) is 42.6 Å². The van der Waals surface area contributed by atoms with E-state index >= 15 is 0 Å². The van der Waals surface area contributed by atoms with E-state index in [9.17, 15) is 0 Å². The van der Waals surface area contributed by atoms with Gasteiger partial charge in [0.1, 0.15) is 5.82 Å². The van der Waals surface area contributed by atoms with Crippen LogP contribution in [0, 0.1) is 6.92 Å². The van der Waals surface area contributed by atoms with E-state index in [2.05, 4.69) is 73.2 Å². The molecule has 2 aromatic rings. The number of hydrogen-bond acceptors (Lipinski definition) is 3. The van der Waals surface area contributed by atoms with Gasteiger partial charge in [-0.3, -0.25) is 0 Å². The molecule has 0 aliphatic rings. The van der Waals surface area contributed by atoms with E-state index in [1.54, 1.807) is 0 Å². The highest BCUT2D eigenvalue weighted by atomic mass is 15.2. The molecule has 0 atom stereocenters. The Labute approximate surface area is 128 Å². The van der Waals surface area contributed by atoms with E-state index in [-0.39, 0.29) is 0 Å². The van der Waals surface area contributed by atoms with Crippen molar-refractivity contribution in [3.05, 3.63) is 53.7 Å². The first-order valence-corrected chi connectivity index (χ1v) is 7.63. The van der Waals surface area contributed by atoms with Gasteiger partial charge < -0.3 is 10.2 Å². The molecular weight excluding hydrogens is 258 g/mol. The van der Waals surface area contributed by atoms with Crippen molar-refractivity contribution in [1.82, 2.24) is 10.3 Å². The highest BCUT2D eigenvalue weighted by Gasteiger charge is 2.11. The number of anilines is 2. The normalized spacial score (nSPS) is 10.9. The molecule has 0 spiro atoms. The van der Waals surface area contributed by atoms with Crippen molar-refractivity contribution in [2.45, 2.75) is 40.3 Å². The van der Waals surface area contributed by atoms with Crippen molar-refractivity contribution in [2.75, 3.05) is 11.4 Å². The van der Waals surface area contributed by atoms with Crippen LogP contribution in [0.1, 0.15) is 31.9 Å². The van der Waals surface area contributed by atoms with Crippen molar-refractivity contribution in [2.24, 2.45) is 0 Å². The third-order valence-electron chi connectivity index (χ3n) is 3.46. The summed E-state index contributed by atoms with van der Waals surface area (Å²) in [5, 5.41) is 3.43. The van der Waals surface area contributed by atoms with Gasteiger partial charge in [-0.2, -0.15) is 0 Å². The minimum Gasteiger partial charge on any atom is -0.326 e. The Morgan fingerprint density at radius 1 is 1.19 bits per heavy atom. The van der Waals surface area contributed by atoms with E-state index in [4.69, 9.17) is 0 Å². The summed E-state index contributed by atoms with van der Waals surface area (Å²) in [4.78, 5) is 6.93. The number of nitrogens with one attached hydrogen (secondary N) is 1. The van der Waals surface area contributed by atoms with E-state index in [0.29, 0.717) is 6.04 Å². The van der Waals surface area contributed by atoms with E-state index < -0.39 is 0 Å². The van der Waals surface area contributed by atoms with Gasteiger partial charge in [0.2, 0.25) is 0 Å². The minimum absolute atomic E-state index is 0.487. The number of nitrogens with zero attached hydrogens (tertiary/aromatic N) is 2. The van der Waals surface area contributed by atoms with Crippen molar-refractivity contribution < 1.29 is 0 Å². The second-order valence-electron chi connectivity index (χ2n) is 5.60. The molecule has 1 aromatic carbocycles. The summed E-state index contributed by atoms with van der Waals surface area (Å²) in [5.74, 6) is 1.04. The monoisotopic (exact) mass is 283 g/mol. The van der Waals surface area contributed by atoms with Gasteiger partial charge in [0, 0.05) is 31.0 Å². The molecule has 0 radical (unpaired) electrons. The van der Waals surface area contributed by atoms with Crippen LogP contribution in [0.2, 0.25) is 0 Å². The van der Waals surface area contributed by atoms with Crippen molar-refractivity contribution in [3.8, 4) is 0 Å². The summed E-state index contributed by atoms with van der Waals surface area (Å²) in [6.45, 7) is 10.4. The Morgan fingerprint density at radius 2 is 1.90 bits per heavy atom. The van der Waals surface area contributed by atoms with Crippen LogP contribution in [0.25, 0.3) is 0 Å². The van der Waals surface area contributed by atoms with Gasteiger partial charge in [-0.25, -0.2) is 4.98 Å². The minimum atomic E-state index is 0.487.